The van der Waals surface area contributed by atoms with Gasteiger partial charge in [-0.2, -0.15) is 0 Å². The summed E-state index contributed by atoms with van der Waals surface area (Å²) in [6.45, 7) is 2.05. The second-order valence-corrected chi connectivity index (χ2v) is 6.08. The van der Waals surface area contributed by atoms with Gasteiger partial charge in [0.2, 0.25) is 10.0 Å². The fourth-order valence-electron chi connectivity index (χ4n) is 1.73. The fraction of sp³-hybridized carbons (Fsp3) is 0.364. The quantitative estimate of drug-likeness (QED) is 0.751. The number of carboxylic acids is 1. The van der Waals surface area contributed by atoms with E-state index in [1.165, 1.54) is 12.1 Å². The van der Waals surface area contributed by atoms with Crippen molar-refractivity contribution in [2.45, 2.75) is 24.3 Å². The van der Waals surface area contributed by atoms with Crippen molar-refractivity contribution in [3.05, 3.63) is 23.8 Å². The first-order valence-corrected chi connectivity index (χ1v) is 7.00. The zero-order chi connectivity index (χ0) is 13.5. The van der Waals surface area contributed by atoms with E-state index in [1.54, 1.807) is 0 Å². The van der Waals surface area contributed by atoms with Crippen molar-refractivity contribution in [3.63, 3.8) is 0 Å². The second kappa shape index (κ2) is 4.25. The number of rotatable bonds is 4. The van der Waals surface area contributed by atoms with Gasteiger partial charge in [0.05, 0.1) is 10.5 Å². The molecule has 1 fully saturated rings. The van der Waals surface area contributed by atoms with Gasteiger partial charge in [-0.25, -0.2) is 18.4 Å². The summed E-state index contributed by atoms with van der Waals surface area (Å²) < 4.78 is 22.3. The number of anilines is 1. The number of nitrogens with two attached hydrogens (primary N) is 1. The van der Waals surface area contributed by atoms with Gasteiger partial charge in [-0.15, -0.1) is 0 Å². The van der Waals surface area contributed by atoms with Crippen molar-refractivity contribution in [3.8, 4) is 0 Å². The monoisotopic (exact) mass is 270 g/mol. The molecule has 0 radical (unpaired) electrons. The molecule has 0 bridgehead atoms. The third kappa shape index (κ3) is 2.62. The van der Waals surface area contributed by atoms with Crippen LogP contribution in [0.3, 0.4) is 0 Å². The van der Waals surface area contributed by atoms with Crippen LogP contribution in [0.5, 0.6) is 0 Å². The summed E-state index contributed by atoms with van der Waals surface area (Å²) in [5.41, 5.74) is 0.338. The Kier molecular flexibility index (Phi) is 3.04. The Labute approximate surface area is 105 Å². The fourth-order valence-corrected chi connectivity index (χ4v) is 2.27. The highest BCUT2D eigenvalue weighted by atomic mass is 32.2. The molecular formula is C11H14N2O4S. The van der Waals surface area contributed by atoms with E-state index in [1.807, 2.05) is 0 Å². The van der Waals surface area contributed by atoms with Gasteiger partial charge in [0, 0.05) is 11.7 Å². The molecule has 2 unspecified atom stereocenters. The molecule has 4 N–H and O–H groups in total. The number of hydrogen-bond donors (Lipinski definition) is 3. The van der Waals surface area contributed by atoms with Gasteiger partial charge < -0.3 is 10.4 Å². The van der Waals surface area contributed by atoms with Crippen LogP contribution in [0.25, 0.3) is 0 Å². The zero-order valence-corrected chi connectivity index (χ0v) is 10.6. The molecule has 0 spiro atoms. The Morgan fingerprint density at radius 2 is 2.11 bits per heavy atom. The molecular weight excluding hydrogens is 256 g/mol. The van der Waals surface area contributed by atoms with E-state index < -0.39 is 16.0 Å². The van der Waals surface area contributed by atoms with Crippen LogP contribution in [-0.2, 0) is 10.0 Å². The molecule has 1 aromatic rings. The van der Waals surface area contributed by atoms with Crippen LogP contribution < -0.4 is 10.5 Å². The minimum absolute atomic E-state index is 0.0828. The minimum atomic E-state index is -3.89. The van der Waals surface area contributed by atoms with Crippen LogP contribution in [0.4, 0.5) is 5.69 Å². The predicted octanol–water partition coefficient (Wildman–Crippen LogP) is 0.853. The summed E-state index contributed by atoms with van der Waals surface area (Å²) >= 11 is 0. The normalized spacial score (nSPS) is 22.6. The van der Waals surface area contributed by atoms with Gasteiger partial charge in [0.25, 0.3) is 0 Å². The van der Waals surface area contributed by atoms with Gasteiger partial charge >= 0.3 is 5.97 Å². The average molecular weight is 270 g/mol. The van der Waals surface area contributed by atoms with Gasteiger partial charge in [-0.3, -0.25) is 0 Å². The highest BCUT2D eigenvalue weighted by Crippen LogP contribution is 2.34. The van der Waals surface area contributed by atoms with Crippen LogP contribution in [0.1, 0.15) is 23.7 Å². The Bertz CT molecular complexity index is 597. The first kappa shape index (κ1) is 12.8. The Morgan fingerprint density at radius 3 is 2.56 bits per heavy atom. The van der Waals surface area contributed by atoms with Gasteiger partial charge in [-0.05, 0) is 30.5 Å². The lowest BCUT2D eigenvalue weighted by Crippen LogP contribution is -2.15. The zero-order valence-electron chi connectivity index (χ0n) is 9.75. The molecule has 2 atom stereocenters. The maximum atomic E-state index is 11.2. The summed E-state index contributed by atoms with van der Waals surface area (Å²) in [6.07, 6.45) is 0.982. The molecule has 1 aliphatic rings. The highest BCUT2D eigenvalue weighted by molar-refractivity contribution is 7.89. The van der Waals surface area contributed by atoms with E-state index >= 15 is 0 Å². The van der Waals surface area contributed by atoms with Crippen LogP contribution in [0.2, 0.25) is 0 Å². The molecule has 98 valence electrons. The number of aromatic carboxylic acids is 1. The van der Waals surface area contributed by atoms with Gasteiger partial charge in [-0.1, -0.05) is 6.92 Å². The van der Waals surface area contributed by atoms with Crippen molar-refractivity contribution >= 4 is 21.7 Å². The van der Waals surface area contributed by atoms with E-state index in [4.69, 9.17) is 10.2 Å². The average Bonchev–Trinajstić information content (AvgIpc) is 2.92. The lowest BCUT2D eigenvalue weighted by Gasteiger charge is -2.10. The number of hydrogen-bond acceptors (Lipinski definition) is 4. The smallest absolute Gasteiger partial charge is 0.337 e. The number of sulfonamides is 1. The molecule has 2 rings (SSSR count). The van der Waals surface area contributed by atoms with E-state index in [2.05, 4.69) is 12.2 Å². The van der Waals surface area contributed by atoms with Crippen LogP contribution >= 0.6 is 0 Å². The third-order valence-electron chi connectivity index (χ3n) is 3.00. The minimum Gasteiger partial charge on any atom is -0.478 e. The van der Waals surface area contributed by atoms with Crippen molar-refractivity contribution in [1.29, 1.82) is 0 Å². The molecule has 1 saturated carbocycles. The molecule has 7 heteroatoms. The molecule has 1 aliphatic carbocycles. The number of carbonyl (C=O) groups is 1. The van der Waals surface area contributed by atoms with Gasteiger partial charge in [0.1, 0.15) is 0 Å². The first-order valence-electron chi connectivity index (χ1n) is 5.45. The maximum Gasteiger partial charge on any atom is 0.337 e. The predicted molar refractivity (Wildman–Crippen MR) is 66.0 cm³/mol. The summed E-state index contributed by atoms with van der Waals surface area (Å²) in [5, 5.41) is 17.1. The molecule has 1 aromatic carbocycles. The summed E-state index contributed by atoms with van der Waals surface area (Å²) in [4.78, 5) is 10.9. The Balaban J connectivity index is 2.38. The van der Waals surface area contributed by atoms with Crippen molar-refractivity contribution in [2.75, 3.05) is 5.32 Å². The van der Waals surface area contributed by atoms with E-state index in [-0.39, 0.29) is 16.5 Å². The third-order valence-corrected chi connectivity index (χ3v) is 3.91. The maximum absolute atomic E-state index is 11.2. The van der Waals surface area contributed by atoms with E-state index in [0.29, 0.717) is 11.6 Å². The number of primary sulfonamides is 1. The lowest BCUT2D eigenvalue weighted by molar-refractivity contribution is 0.0697. The summed E-state index contributed by atoms with van der Waals surface area (Å²) in [5.74, 6) is -0.680. The largest absolute Gasteiger partial charge is 0.478 e. The Morgan fingerprint density at radius 1 is 1.50 bits per heavy atom. The molecule has 0 aliphatic heterocycles. The number of nitrogens with one attached hydrogen (secondary N) is 1. The number of benzene rings is 1. The highest BCUT2D eigenvalue weighted by Gasteiger charge is 2.33. The van der Waals surface area contributed by atoms with Crippen LogP contribution in [0, 0.1) is 5.92 Å². The lowest BCUT2D eigenvalue weighted by atomic mass is 10.2. The molecule has 0 heterocycles. The summed E-state index contributed by atoms with van der Waals surface area (Å²) in [7, 11) is -3.89. The second-order valence-electron chi connectivity index (χ2n) is 4.52. The molecule has 0 aromatic heterocycles. The van der Waals surface area contributed by atoms with E-state index in [9.17, 15) is 13.2 Å². The van der Waals surface area contributed by atoms with Crippen LogP contribution in [-0.4, -0.2) is 25.5 Å². The molecule has 6 nitrogen and oxygen atoms in total. The summed E-state index contributed by atoms with van der Waals surface area (Å²) in [6, 6.07) is 4.07. The number of carboxylic acid groups (broad SMARTS) is 1. The van der Waals surface area contributed by atoms with Crippen molar-refractivity contribution in [2.24, 2.45) is 11.1 Å². The van der Waals surface area contributed by atoms with E-state index in [0.717, 1.165) is 12.5 Å². The molecule has 0 saturated heterocycles. The van der Waals surface area contributed by atoms with Gasteiger partial charge in [0.15, 0.2) is 0 Å². The standard InChI is InChI=1S/C11H14N2O4S/c1-6-4-10(6)13-9-3-2-7(18(12,16)17)5-8(9)11(14)15/h2-3,5-6,10,13H,4H2,1H3,(H,14,15)(H2,12,16,17). The Hall–Kier alpha value is -1.60. The topological polar surface area (TPSA) is 109 Å². The van der Waals surface area contributed by atoms with Crippen molar-refractivity contribution in [1.82, 2.24) is 0 Å². The van der Waals surface area contributed by atoms with Crippen LogP contribution in [0.15, 0.2) is 23.1 Å². The molecule has 0 amide bonds. The molecule has 18 heavy (non-hydrogen) atoms. The first-order chi connectivity index (χ1) is 8.29. The van der Waals surface area contributed by atoms with Crippen molar-refractivity contribution < 1.29 is 18.3 Å². The SMILES string of the molecule is CC1CC1Nc1ccc(S(N)(=O)=O)cc1C(=O)O.